The van der Waals surface area contributed by atoms with Crippen molar-refractivity contribution in [3.63, 3.8) is 0 Å². The molecule has 0 saturated carbocycles. The lowest BCUT2D eigenvalue weighted by Gasteiger charge is -2.37. The third-order valence-corrected chi connectivity index (χ3v) is 4.57. The van der Waals surface area contributed by atoms with Crippen LogP contribution in [0.1, 0.15) is 11.1 Å². The highest BCUT2D eigenvalue weighted by Crippen LogP contribution is 2.30. The second kappa shape index (κ2) is 8.18. The van der Waals surface area contributed by atoms with Gasteiger partial charge in [0.15, 0.2) is 0 Å². The fourth-order valence-corrected chi connectivity index (χ4v) is 3.11. The van der Waals surface area contributed by atoms with Gasteiger partial charge in [0.1, 0.15) is 5.82 Å². The number of nitrogens with zero attached hydrogens (tertiary/aromatic N) is 5. The average Bonchev–Trinajstić information content (AvgIpc) is 2.72. The second-order valence-corrected chi connectivity index (χ2v) is 6.34. The number of hydrogen-bond acceptors (Lipinski definition) is 6. The lowest BCUT2D eigenvalue weighted by molar-refractivity contribution is -0.384. The molecule has 1 aliphatic rings. The van der Waals surface area contributed by atoms with Crippen LogP contribution in [0.25, 0.3) is 5.70 Å². The van der Waals surface area contributed by atoms with E-state index in [1.54, 1.807) is 12.1 Å². The number of nitro groups is 1. The first-order valence-corrected chi connectivity index (χ1v) is 8.67. The van der Waals surface area contributed by atoms with Crippen molar-refractivity contribution in [3.05, 3.63) is 69.9 Å². The molecule has 1 aliphatic heterocycles. The van der Waals surface area contributed by atoms with E-state index in [-0.39, 0.29) is 5.69 Å². The average molecular weight is 403 g/mol. The minimum Gasteiger partial charge on any atom is -0.367 e. The number of piperazine rings is 1. The molecule has 1 fully saturated rings. The zero-order valence-electron chi connectivity index (χ0n) is 15.1. The summed E-state index contributed by atoms with van der Waals surface area (Å²) in [5.74, 6) is 0.443. The topological polar surface area (TPSA) is 86.3 Å². The molecule has 0 atom stereocenters. The van der Waals surface area contributed by atoms with E-state index >= 15 is 0 Å². The number of benzene rings is 1. The van der Waals surface area contributed by atoms with Gasteiger partial charge in [0.05, 0.1) is 22.3 Å². The van der Waals surface area contributed by atoms with E-state index in [1.807, 2.05) is 15.9 Å². The molecule has 0 radical (unpaired) electrons. The van der Waals surface area contributed by atoms with Crippen molar-refractivity contribution in [2.45, 2.75) is 6.18 Å². The summed E-state index contributed by atoms with van der Waals surface area (Å²) < 4.78 is 38.0. The number of aromatic nitrogens is 1. The van der Waals surface area contributed by atoms with Crippen molar-refractivity contribution in [1.29, 1.82) is 5.26 Å². The Balaban J connectivity index is 1.73. The first-order valence-electron chi connectivity index (χ1n) is 8.67. The molecular weight excluding hydrogens is 387 g/mol. The third kappa shape index (κ3) is 4.63. The Bertz CT molecular complexity index is 959. The molecule has 0 N–H and O–H groups in total. The van der Waals surface area contributed by atoms with Crippen LogP contribution in [0.5, 0.6) is 0 Å². The molecule has 29 heavy (non-hydrogen) atoms. The van der Waals surface area contributed by atoms with Gasteiger partial charge < -0.3 is 9.80 Å². The van der Waals surface area contributed by atoms with Gasteiger partial charge in [-0.25, -0.2) is 4.98 Å². The van der Waals surface area contributed by atoms with Gasteiger partial charge in [-0.15, -0.1) is 0 Å². The zero-order valence-corrected chi connectivity index (χ0v) is 15.1. The Morgan fingerprint density at radius 3 is 2.48 bits per heavy atom. The van der Waals surface area contributed by atoms with E-state index in [1.165, 1.54) is 24.3 Å². The van der Waals surface area contributed by atoms with Crippen molar-refractivity contribution in [2.75, 3.05) is 31.1 Å². The maximum absolute atomic E-state index is 12.7. The van der Waals surface area contributed by atoms with Gasteiger partial charge in [-0.1, -0.05) is 12.1 Å². The molecular formula is C19H16F3N5O2. The monoisotopic (exact) mass is 403 g/mol. The number of halogens is 3. The van der Waals surface area contributed by atoms with Crippen LogP contribution >= 0.6 is 0 Å². The van der Waals surface area contributed by atoms with Gasteiger partial charge in [0.25, 0.3) is 5.69 Å². The van der Waals surface area contributed by atoms with Crippen LogP contribution in [0.2, 0.25) is 0 Å². The van der Waals surface area contributed by atoms with Crippen molar-refractivity contribution in [3.8, 4) is 6.07 Å². The number of anilines is 1. The van der Waals surface area contributed by atoms with Crippen molar-refractivity contribution in [2.24, 2.45) is 0 Å². The number of hydrogen-bond donors (Lipinski definition) is 0. The molecule has 0 spiro atoms. The third-order valence-electron chi connectivity index (χ3n) is 4.57. The smallest absolute Gasteiger partial charge is 0.367 e. The summed E-state index contributed by atoms with van der Waals surface area (Å²) in [6.45, 7) is 1.93. The van der Waals surface area contributed by atoms with Crippen LogP contribution < -0.4 is 4.90 Å². The minimum atomic E-state index is -4.43. The quantitative estimate of drug-likeness (QED) is 0.440. The van der Waals surface area contributed by atoms with Crippen molar-refractivity contribution in [1.82, 2.24) is 9.88 Å². The Hall–Kier alpha value is -3.61. The van der Waals surface area contributed by atoms with E-state index in [4.69, 9.17) is 5.26 Å². The van der Waals surface area contributed by atoms with E-state index in [0.717, 1.165) is 12.3 Å². The van der Waals surface area contributed by atoms with Crippen LogP contribution in [-0.2, 0) is 6.18 Å². The van der Waals surface area contributed by atoms with E-state index < -0.39 is 16.7 Å². The summed E-state index contributed by atoms with van der Waals surface area (Å²) in [5.41, 5.74) is 0.252. The minimum absolute atomic E-state index is 0.0704. The first kappa shape index (κ1) is 20.1. The summed E-state index contributed by atoms with van der Waals surface area (Å²) in [4.78, 5) is 18.2. The number of nitriles is 1. The SMILES string of the molecule is N#C/C=C(\c1cccc([N+](=O)[O-])c1)N1CCN(c2ccc(C(F)(F)F)cn2)CC1. The molecule has 3 rings (SSSR count). The molecule has 2 heterocycles. The molecule has 0 bridgehead atoms. The molecule has 1 saturated heterocycles. The Morgan fingerprint density at radius 1 is 1.21 bits per heavy atom. The maximum Gasteiger partial charge on any atom is 0.417 e. The van der Waals surface area contributed by atoms with E-state index in [9.17, 15) is 23.3 Å². The molecule has 2 aromatic rings. The zero-order chi connectivity index (χ0) is 21.0. The predicted molar refractivity (Wildman–Crippen MR) is 99.7 cm³/mol. The lowest BCUT2D eigenvalue weighted by atomic mass is 10.1. The number of non-ortho nitro benzene ring substituents is 1. The molecule has 0 aliphatic carbocycles. The number of pyridine rings is 1. The normalized spacial score (nSPS) is 15.2. The summed E-state index contributed by atoms with van der Waals surface area (Å²) >= 11 is 0. The van der Waals surface area contributed by atoms with Gasteiger partial charge in [-0.3, -0.25) is 10.1 Å². The predicted octanol–water partition coefficient (Wildman–Crippen LogP) is 3.70. The molecule has 1 aromatic heterocycles. The Labute approximate surface area is 164 Å². The largest absolute Gasteiger partial charge is 0.417 e. The van der Waals surface area contributed by atoms with Crippen molar-refractivity contribution >= 4 is 17.2 Å². The van der Waals surface area contributed by atoms with Crippen LogP contribution in [0.4, 0.5) is 24.7 Å². The van der Waals surface area contributed by atoms with Crippen LogP contribution in [0.3, 0.4) is 0 Å². The van der Waals surface area contributed by atoms with Gasteiger partial charge in [0.2, 0.25) is 0 Å². The van der Waals surface area contributed by atoms with Crippen LogP contribution in [-0.4, -0.2) is 41.0 Å². The summed E-state index contributed by atoms with van der Waals surface area (Å²) in [6, 6.07) is 10.3. The number of rotatable bonds is 4. The molecule has 1 aromatic carbocycles. The summed E-state index contributed by atoms with van der Waals surface area (Å²) in [6.07, 6.45) is -2.28. The standard InChI is InChI=1S/C19H16F3N5O2/c20-19(21,22)15-4-5-18(24-13-15)26-10-8-25(9-11-26)17(6-7-23)14-2-1-3-16(12-14)27(28)29/h1-6,12-13H,8-11H2/b17-6+. The van der Waals surface area contributed by atoms with Gasteiger partial charge in [-0.05, 0) is 12.1 Å². The Morgan fingerprint density at radius 2 is 1.93 bits per heavy atom. The fraction of sp³-hybridized carbons (Fsp3) is 0.263. The van der Waals surface area contributed by atoms with Gasteiger partial charge in [0, 0.05) is 56.1 Å². The first-order chi connectivity index (χ1) is 13.8. The van der Waals surface area contributed by atoms with Crippen LogP contribution in [0, 0.1) is 21.4 Å². The van der Waals surface area contributed by atoms with Crippen LogP contribution in [0.15, 0.2) is 48.7 Å². The molecule has 0 amide bonds. The number of nitro benzene ring substituents is 1. The molecule has 150 valence electrons. The van der Waals surface area contributed by atoms with Gasteiger partial charge in [-0.2, -0.15) is 18.4 Å². The molecule has 0 unspecified atom stereocenters. The summed E-state index contributed by atoms with van der Waals surface area (Å²) in [7, 11) is 0. The highest BCUT2D eigenvalue weighted by Gasteiger charge is 2.31. The highest BCUT2D eigenvalue weighted by atomic mass is 19.4. The Kier molecular flexibility index (Phi) is 5.68. The van der Waals surface area contributed by atoms with E-state index in [2.05, 4.69) is 4.98 Å². The lowest BCUT2D eigenvalue weighted by Crippen LogP contribution is -2.45. The summed E-state index contributed by atoms with van der Waals surface area (Å²) in [5, 5.41) is 20.1. The van der Waals surface area contributed by atoms with Gasteiger partial charge >= 0.3 is 6.18 Å². The fourth-order valence-electron chi connectivity index (χ4n) is 3.11. The number of alkyl halides is 3. The maximum atomic E-state index is 12.7. The second-order valence-electron chi connectivity index (χ2n) is 6.34. The number of allylic oxidation sites excluding steroid dienone is 1. The molecule has 7 nitrogen and oxygen atoms in total. The molecule has 10 heteroatoms. The van der Waals surface area contributed by atoms with Crippen molar-refractivity contribution < 1.29 is 18.1 Å². The highest BCUT2D eigenvalue weighted by molar-refractivity contribution is 5.68. The van der Waals surface area contributed by atoms with E-state index in [0.29, 0.717) is 43.3 Å².